The van der Waals surface area contributed by atoms with Crippen molar-refractivity contribution in [3.05, 3.63) is 58.2 Å². The van der Waals surface area contributed by atoms with Crippen LogP contribution in [-0.2, 0) is 20.7 Å². The minimum atomic E-state index is -1.13. The Kier molecular flexibility index (Phi) is 12.0. The summed E-state index contributed by atoms with van der Waals surface area (Å²) < 4.78 is 12.1. The van der Waals surface area contributed by atoms with Gasteiger partial charge in [-0.3, -0.25) is 4.79 Å². The zero-order valence-corrected chi connectivity index (χ0v) is 26.2. The fourth-order valence-electron chi connectivity index (χ4n) is 6.67. The van der Waals surface area contributed by atoms with Gasteiger partial charge in [-0.05, 0) is 87.5 Å². The number of aliphatic hydroxyl groups excluding tert-OH is 1. The third-order valence-electron chi connectivity index (χ3n) is 9.11. The number of benzene rings is 1. The lowest BCUT2D eigenvalue weighted by molar-refractivity contribution is -0.136. The van der Waals surface area contributed by atoms with Crippen molar-refractivity contribution < 1.29 is 34.4 Å². The maximum absolute atomic E-state index is 12.9. The van der Waals surface area contributed by atoms with Crippen LogP contribution in [0.5, 0.6) is 11.5 Å². The first-order valence-corrected chi connectivity index (χ1v) is 15.4. The molecule has 0 saturated carbocycles. The van der Waals surface area contributed by atoms with Crippen LogP contribution >= 0.6 is 0 Å². The van der Waals surface area contributed by atoms with E-state index in [4.69, 9.17) is 9.47 Å². The first-order valence-electron chi connectivity index (χ1n) is 15.4. The number of phenolic OH excluding ortho intramolecular Hbond substituents is 1. The Balaban J connectivity index is 1.87. The highest BCUT2D eigenvalue weighted by atomic mass is 16.7. The summed E-state index contributed by atoms with van der Waals surface area (Å²) in [5.41, 5.74) is 4.70. The van der Waals surface area contributed by atoms with Gasteiger partial charge in [0.1, 0.15) is 17.3 Å². The summed E-state index contributed by atoms with van der Waals surface area (Å²) in [5, 5.41) is 31.1. The van der Waals surface area contributed by atoms with Gasteiger partial charge in [-0.2, -0.15) is 0 Å². The van der Waals surface area contributed by atoms with Crippen LogP contribution in [0.25, 0.3) is 0 Å². The lowest BCUT2D eigenvalue weighted by atomic mass is 9.73. The first-order chi connectivity index (χ1) is 19.9. The van der Waals surface area contributed by atoms with Gasteiger partial charge in [0, 0.05) is 23.5 Å². The molecule has 0 fully saturated rings. The summed E-state index contributed by atoms with van der Waals surface area (Å²) >= 11 is 0. The summed E-state index contributed by atoms with van der Waals surface area (Å²) in [7, 11) is 0. The molecule has 0 aliphatic heterocycles. The van der Waals surface area contributed by atoms with E-state index in [0.717, 1.165) is 55.2 Å². The molecule has 0 amide bonds. The molecule has 7 nitrogen and oxygen atoms in total. The lowest BCUT2D eigenvalue weighted by Gasteiger charge is -2.32. The first kappa shape index (κ1) is 33.6. The van der Waals surface area contributed by atoms with Crippen molar-refractivity contribution in [3.8, 4) is 11.5 Å². The van der Waals surface area contributed by atoms with E-state index in [0.29, 0.717) is 11.3 Å². The predicted octanol–water partition coefficient (Wildman–Crippen LogP) is 7.12. The maximum Gasteiger partial charge on any atom is 0.332 e. The van der Waals surface area contributed by atoms with Gasteiger partial charge in [0.2, 0.25) is 0 Å². The number of carboxylic acids is 1. The van der Waals surface area contributed by atoms with Crippen molar-refractivity contribution in [2.45, 2.75) is 98.5 Å². The molecule has 2 aliphatic rings. The third kappa shape index (κ3) is 7.93. The average Bonchev–Trinajstić information content (AvgIpc) is 3.16. The molecule has 6 atom stereocenters. The van der Waals surface area contributed by atoms with Crippen LogP contribution in [0, 0.1) is 23.7 Å². The molecule has 0 spiro atoms. The van der Waals surface area contributed by atoms with Crippen LogP contribution in [-0.4, -0.2) is 46.6 Å². The van der Waals surface area contributed by atoms with E-state index in [1.54, 1.807) is 0 Å². The van der Waals surface area contributed by atoms with E-state index in [1.165, 1.54) is 12.5 Å². The van der Waals surface area contributed by atoms with Crippen molar-refractivity contribution >= 4 is 11.8 Å². The largest absolute Gasteiger partial charge is 0.507 e. The fraction of sp³-hybridized carbons (Fsp3) is 0.600. The van der Waals surface area contributed by atoms with Crippen molar-refractivity contribution in [1.29, 1.82) is 0 Å². The molecule has 0 aromatic heterocycles. The number of carbonyl (C=O) groups is 2. The molecule has 7 heteroatoms. The molecule has 1 aromatic rings. The van der Waals surface area contributed by atoms with Gasteiger partial charge in [0.15, 0.2) is 6.79 Å². The van der Waals surface area contributed by atoms with Gasteiger partial charge in [-0.1, -0.05) is 57.4 Å². The Hall–Kier alpha value is -2.90. The highest BCUT2D eigenvalue weighted by Crippen LogP contribution is 2.47. The predicted molar refractivity (Wildman–Crippen MR) is 165 cm³/mol. The van der Waals surface area contributed by atoms with Gasteiger partial charge in [-0.15, -0.1) is 0 Å². The zero-order chi connectivity index (χ0) is 31.1. The van der Waals surface area contributed by atoms with Crippen LogP contribution in [0.1, 0.15) is 97.1 Å². The molecule has 0 bridgehead atoms. The molecule has 2 aliphatic carbocycles. The smallest absolute Gasteiger partial charge is 0.332 e. The van der Waals surface area contributed by atoms with E-state index >= 15 is 0 Å². The number of hydrogen-bond donors (Lipinski definition) is 3. The Bertz CT molecular complexity index is 1210. The van der Waals surface area contributed by atoms with Gasteiger partial charge in [-0.25, -0.2) is 4.79 Å². The second-order valence-electron chi connectivity index (χ2n) is 12.5. The molecule has 3 N–H and O–H groups in total. The molecule has 3 rings (SSSR count). The Morgan fingerprint density at radius 3 is 2.52 bits per heavy atom. The number of ether oxygens (including phenoxy) is 2. The van der Waals surface area contributed by atoms with Crippen LogP contribution in [0.15, 0.2) is 47.1 Å². The van der Waals surface area contributed by atoms with E-state index < -0.39 is 18.0 Å². The number of hydrogen-bond acceptors (Lipinski definition) is 6. The number of phenols is 1. The fourth-order valence-corrected chi connectivity index (χ4v) is 6.67. The van der Waals surface area contributed by atoms with Crippen LogP contribution < -0.4 is 4.74 Å². The Morgan fingerprint density at radius 1 is 1.19 bits per heavy atom. The monoisotopic (exact) mass is 582 g/mol. The highest BCUT2D eigenvalue weighted by molar-refractivity contribution is 5.99. The number of aromatic hydroxyl groups is 1. The standard InChI is InChI=1S/C35H50O7/c1-8-9-10-11-25-16-30(38)33(27-14-21(4)12-13-26(27)20(2)3)31(17-25)42-19-41-18-28-23(6)24(7)32(34(28)35(39)40)29(37)15-22(5)36/h14,16-17,22-24,26-27,32,36,38H,2,8-13,15,18-19H2,1,3-7H3,(H,39,40)/t22-,23-,24?,26+,27-,32?/m1/s1. The SMILES string of the molecule is C=C(C)[C@@H]1CCC(C)=C[C@H]1c1c(O)cc(CCCCC)cc1OCOCC1=C(C(=O)O)C(C(=O)C[C@@H](C)O)C(C)[C@H]1C. The molecule has 0 radical (unpaired) electrons. The molecular weight excluding hydrogens is 532 g/mol. The summed E-state index contributed by atoms with van der Waals surface area (Å²) in [5.74, 6) is -1.71. The third-order valence-corrected chi connectivity index (χ3v) is 9.11. The number of ketones is 1. The molecule has 2 unspecified atom stereocenters. The molecule has 1 aromatic carbocycles. The normalized spacial score (nSPS) is 24.8. The lowest BCUT2D eigenvalue weighted by Crippen LogP contribution is -2.27. The zero-order valence-electron chi connectivity index (χ0n) is 26.2. The second-order valence-corrected chi connectivity index (χ2v) is 12.5. The summed E-state index contributed by atoms with van der Waals surface area (Å²) in [6.45, 7) is 15.7. The van der Waals surface area contributed by atoms with Crippen LogP contribution in [0.2, 0.25) is 0 Å². The van der Waals surface area contributed by atoms with E-state index in [-0.39, 0.29) is 60.6 Å². The van der Waals surface area contributed by atoms with Crippen LogP contribution in [0.3, 0.4) is 0 Å². The number of unbranched alkanes of at least 4 members (excludes halogenated alkanes) is 2. The molecule has 42 heavy (non-hydrogen) atoms. The van der Waals surface area contributed by atoms with E-state index in [9.17, 15) is 24.9 Å². The van der Waals surface area contributed by atoms with Gasteiger partial charge < -0.3 is 24.8 Å². The van der Waals surface area contributed by atoms with Gasteiger partial charge in [0.25, 0.3) is 0 Å². The minimum absolute atomic E-state index is 0.0138. The van der Waals surface area contributed by atoms with Gasteiger partial charge >= 0.3 is 5.97 Å². The summed E-state index contributed by atoms with van der Waals surface area (Å²) in [6.07, 6.45) is 7.27. The molecule has 0 saturated heterocycles. The number of aliphatic carboxylic acids is 1. The number of rotatable bonds is 15. The number of carbonyl (C=O) groups excluding carboxylic acids is 1. The molecular formula is C35H50O7. The summed E-state index contributed by atoms with van der Waals surface area (Å²) in [6, 6.07) is 3.84. The van der Waals surface area contributed by atoms with Crippen molar-refractivity contribution in [2.24, 2.45) is 23.7 Å². The maximum atomic E-state index is 12.9. The number of carboxylic acid groups (broad SMARTS) is 1. The van der Waals surface area contributed by atoms with Crippen molar-refractivity contribution in [1.82, 2.24) is 0 Å². The number of allylic oxidation sites excluding steroid dienone is 3. The number of Topliss-reactive ketones (excluding diaryl/α,β-unsaturated/α-hetero) is 1. The van der Waals surface area contributed by atoms with Crippen LogP contribution in [0.4, 0.5) is 0 Å². The van der Waals surface area contributed by atoms with E-state index in [2.05, 4.69) is 26.5 Å². The number of aliphatic hydroxyl groups is 1. The molecule has 0 heterocycles. The molecule has 232 valence electrons. The van der Waals surface area contributed by atoms with E-state index in [1.807, 2.05) is 32.9 Å². The average molecular weight is 583 g/mol. The topological polar surface area (TPSA) is 113 Å². The highest BCUT2D eigenvalue weighted by Gasteiger charge is 2.44. The minimum Gasteiger partial charge on any atom is -0.507 e. The Labute approximate surface area is 251 Å². The van der Waals surface area contributed by atoms with Crippen molar-refractivity contribution in [2.75, 3.05) is 13.4 Å². The second kappa shape index (κ2) is 15.0. The quantitative estimate of drug-likeness (QED) is 0.115. The Morgan fingerprint density at radius 2 is 1.90 bits per heavy atom. The van der Waals surface area contributed by atoms with Crippen molar-refractivity contribution in [3.63, 3.8) is 0 Å². The summed E-state index contributed by atoms with van der Waals surface area (Å²) in [4.78, 5) is 25.1. The van der Waals surface area contributed by atoms with Gasteiger partial charge in [0.05, 0.1) is 18.6 Å². The number of aryl methyl sites for hydroxylation is 1.